The number of para-hydroxylation sites is 1. The summed E-state index contributed by atoms with van der Waals surface area (Å²) in [5.41, 5.74) is 4.27. The number of nitrogens with one attached hydrogen (secondary N) is 3. The minimum Gasteiger partial charge on any atom is -0.383 e. The maximum Gasteiger partial charge on any atom is 0.251 e. The van der Waals surface area contributed by atoms with Crippen molar-refractivity contribution in [1.29, 1.82) is 0 Å². The lowest BCUT2D eigenvalue weighted by Gasteiger charge is -2.14. The van der Waals surface area contributed by atoms with Crippen molar-refractivity contribution in [2.75, 3.05) is 37.4 Å². The summed E-state index contributed by atoms with van der Waals surface area (Å²) in [4.78, 5) is 24.4. The standard InChI is InChI=1S/C21H27N3O3/c1-4-16-8-5-7-15(2)20(16)24-19(25)14-23-18-10-6-9-17(13-18)21(26)22-11-12-27-3/h5-10,13,23H,4,11-12,14H2,1-3H3,(H,22,26)(H,24,25). The van der Waals surface area contributed by atoms with Gasteiger partial charge in [-0.2, -0.15) is 0 Å². The quantitative estimate of drug-likeness (QED) is 0.594. The molecule has 0 aliphatic rings. The van der Waals surface area contributed by atoms with Gasteiger partial charge in [-0.15, -0.1) is 0 Å². The van der Waals surface area contributed by atoms with E-state index in [1.807, 2.05) is 31.2 Å². The van der Waals surface area contributed by atoms with Crippen molar-refractivity contribution in [3.8, 4) is 0 Å². The number of aryl methyl sites for hydroxylation is 2. The Morgan fingerprint density at radius 1 is 1.11 bits per heavy atom. The Labute approximate surface area is 160 Å². The summed E-state index contributed by atoms with van der Waals surface area (Å²) in [5, 5.41) is 8.82. The number of hydrogen-bond acceptors (Lipinski definition) is 4. The molecule has 0 unspecified atom stereocenters. The average molecular weight is 369 g/mol. The summed E-state index contributed by atoms with van der Waals surface area (Å²) < 4.78 is 4.92. The molecule has 2 aromatic rings. The molecule has 2 rings (SSSR count). The van der Waals surface area contributed by atoms with E-state index in [1.165, 1.54) is 0 Å². The van der Waals surface area contributed by atoms with Crippen molar-refractivity contribution < 1.29 is 14.3 Å². The maximum atomic E-state index is 12.3. The van der Waals surface area contributed by atoms with Crippen LogP contribution in [0.2, 0.25) is 0 Å². The molecular formula is C21H27N3O3. The number of methoxy groups -OCH3 is 1. The highest BCUT2D eigenvalue weighted by Crippen LogP contribution is 2.21. The first-order chi connectivity index (χ1) is 13.0. The third kappa shape index (κ3) is 6.11. The summed E-state index contributed by atoms with van der Waals surface area (Å²) in [6.45, 7) is 5.07. The lowest BCUT2D eigenvalue weighted by atomic mass is 10.1. The van der Waals surface area contributed by atoms with Crippen LogP contribution in [0, 0.1) is 6.92 Å². The van der Waals surface area contributed by atoms with E-state index < -0.39 is 0 Å². The molecule has 0 aromatic heterocycles. The molecule has 0 fully saturated rings. The topological polar surface area (TPSA) is 79.5 Å². The number of hydrogen-bond donors (Lipinski definition) is 3. The fourth-order valence-electron chi connectivity index (χ4n) is 2.71. The molecule has 6 heteroatoms. The van der Waals surface area contributed by atoms with Gasteiger partial charge >= 0.3 is 0 Å². The van der Waals surface area contributed by atoms with Gasteiger partial charge in [-0.05, 0) is 42.7 Å². The van der Waals surface area contributed by atoms with E-state index in [4.69, 9.17) is 4.74 Å². The zero-order chi connectivity index (χ0) is 19.6. The van der Waals surface area contributed by atoms with Crippen molar-refractivity contribution in [1.82, 2.24) is 5.32 Å². The van der Waals surface area contributed by atoms with Crippen LogP contribution in [0.5, 0.6) is 0 Å². The molecule has 6 nitrogen and oxygen atoms in total. The van der Waals surface area contributed by atoms with Crippen molar-refractivity contribution in [2.24, 2.45) is 0 Å². The second kappa shape index (κ2) is 10.3. The molecule has 0 aliphatic carbocycles. The molecule has 2 amide bonds. The van der Waals surface area contributed by atoms with E-state index >= 15 is 0 Å². The first kappa shape index (κ1) is 20.5. The van der Waals surface area contributed by atoms with Crippen molar-refractivity contribution in [3.63, 3.8) is 0 Å². The SMILES string of the molecule is CCc1cccc(C)c1NC(=O)CNc1cccc(C(=O)NCCOC)c1. The molecule has 0 heterocycles. The first-order valence-corrected chi connectivity index (χ1v) is 9.04. The molecule has 0 atom stereocenters. The zero-order valence-electron chi connectivity index (χ0n) is 16.1. The van der Waals surface area contributed by atoms with Crippen LogP contribution in [0.1, 0.15) is 28.4 Å². The van der Waals surface area contributed by atoms with Gasteiger partial charge in [0.25, 0.3) is 5.91 Å². The van der Waals surface area contributed by atoms with Gasteiger partial charge in [0.2, 0.25) is 5.91 Å². The predicted octanol–water partition coefficient (Wildman–Crippen LogP) is 2.98. The van der Waals surface area contributed by atoms with Gasteiger partial charge in [0.15, 0.2) is 0 Å². The first-order valence-electron chi connectivity index (χ1n) is 9.04. The highest BCUT2D eigenvalue weighted by Gasteiger charge is 2.09. The third-order valence-electron chi connectivity index (χ3n) is 4.17. The normalized spacial score (nSPS) is 10.3. The zero-order valence-corrected chi connectivity index (χ0v) is 16.1. The van der Waals surface area contributed by atoms with E-state index in [2.05, 4.69) is 22.9 Å². The van der Waals surface area contributed by atoms with Crippen LogP contribution in [-0.2, 0) is 16.0 Å². The number of rotatable bonds is 9. The van der Waals surface area contributed by atoms with Gasteiger partial charge in [0.05, 0.1) is 13.2 Å². The van der Waals surface area contributed by atoms with Gasteiger partial charge in [0.1, 0.15) is 0 Å². The van der Waals surface area contributed by atoms with Crippen LogP contribution < -0.4 is 16.0 Å². The molecule has 27 heavy (non-hydrogen) atoms. The van der Waals surface area contributed by atoms with E-state index in [-0.39, 0.29) is 18.4 Å². The smallest absolute Gasteiger partial charge is 0.251 e. The lowest BCUT2D eigenvalue weighted by Crippen LogP contribution is -2.27. The van der Waals surface area contributed by atoms with E-state index in [9.17, 15) is 9.59 Å². The van der Waals surface area contributed by atoms with Gasteiger partial charge in [-0.25, -0.2) is 0 Å². The van der Waals surface area contributed by atoms with E-state index in [0.29, 0.717) is 24.4 Å². The largest absolute Gasteiger partial charge is 0.383 e. The van der Waals surface area contributed by atoms with Crippen LogP contribution in [0.3, 0.4) is 0 Å². The van der Waals surface area contributed by atoms with Gasteiger partial charge < -0.3 is 20.7 Å². The second-order valence-corrected chi connectivity index (χ2v) is 6.19. The highest BCUT2D eigenvalue weighted by atomic mass is 16.5. The summed E-state index contributed by atoms with van der Waals surface area (Å²) in [6.07, 6.45) is 0.852. The Hall–Kier alpha value is -2.86. The van der Waals surface area contributed by atoms with Crippen LogP contribution in [0.15, 0.2) is 42.5 Å². The van der Waals surface area contributed by atoms with Gasteiger partial charge in [0, 0.05) is 30.6 Å². The Balaban J connectivity index is 1.94. The molecular weight excluding hydrogens is 342 g/mol. The van der Waals surface area contributed by atoms with Crippen LogP contribution in [0.25, 0.3) is 0 Å². The molecule has 0 spiro atoms. The third-order valence-corrected chi connectivity index (χ3v) is 4.17. The molecule has 3 N–H and O–H groups in total. The van der Waals surface area contributed by atoms with E-state index in [0.717, 1.165) is 23.2 Å². The van der Waals surface area contributed by atoms with Crippen LogP contribution >= 0.6 is 0 Å². The fraction of sp³-hybridized carbons (Fsp3) is 0.333. The predicted molar refractivity (Wildman–Crippen MR) is 108 cm³/mol. The van der Waals surface area contributed by atoms with Crippen LogP contribution in [0.4, 0.5) is 11.4 Å². The average Bonchev–Trinajstić information content (AvgIpc) is 2.68. The van der Waals surface area contributed by atoms with E-state index in [1.54, 1.807) is 25.3 Å². The molecule has 0 bridgehead atoms. The lowest BCUT2D eigenvalue weighted by molar-refractivity contribution is -0.114. The minimum absolute atomic E-state index is 0.117. The summed E-state index contributed by atoms with van der Waals surface area (Å²) in [6, 6.07) is 13.0. The molecule has 0 saturated carbocycles. The number of benzene rings is 2. The summed E-state index contributed by atoms with van der Waals surface area (Å²) in [5.74, 6) is -0.304. The molecule has 0 saturated heterocycles. The Bertz CT molecular complexity index is 790. The number of anilines is 2. The minimum atomic E-state index is -0.173. The number of carbonyl (C=O) groups excluding carboxylic acids is 2. The monoisotopic (exact) mass is 369 g/mol. The van der Waals surface area contributed by atoms with Gasteiger partial charge in [-0.1, -0.05) is 31.2 Å². The molecule has 2 aromatic carbocycles. The van der Waals surface area contributed by atoms with Crippen molar-refractivity contribution in [2.45, 2.75) is 20.3 Å². The summed E-state index contributed by atoms with van der Waals surface area (Å²) >= 11 is 0. The summed E-state index contributed by atoms with van der Waals surface area (Å²) in [7, 11) is 1.59. The number of carbonyl (C=O) groups is 2. The molecule has 144 valence electrons. The number of amides is 2. The van der Waals surface area contributed by atoms with Crippen molar-refractivity contribution >= 4 is 23.2 Å². The second-order valence-electron chi connectivity index (χ2n) is 6.19. The Morgan fingerprint density at radius 3 is 2.63 bits per heavy atom. The highest BCUT2D eigenvalue weighted by molar-refractivity contribution is 5.96. The Morgan fingerprint density at radius 2 is 1.89 bits per heavy atom. The van der Waals surface area contributed by atoms with Crippen LogP contribution in [-0.4, -0.2) is 38.6 Å². The Kier molecular flexibility index (Phi) is 7.82. The number of ether oxygens (including phenoxy) is 1. The van der Waals surface area contributed by atoms with Gasteiger partial charge in [-0.3, -0.25) is 9.59 Å². The maximum absolute atomic E-state index is 12.3. The fourth-order valence-corrected chi connectivity index (χ4v) is 2.71. The van der Waals surface area contributed by atoms with Crippen molar-refractivity contribution in [3.05, 3.63) is 59.2 Å². The molecule has 0 radical (unpaired) electrons. The molecule has 0 aliphatic heterocycles.